The van der Waals surface area contributed by atoms with Crippen molar-refractivity contribution in [2.45, 2.75) is 91.5 Å². The second kappa shape index (κ2) is 6.74. The first-order chi connectivity index (χ1) is 16.5. The first kappa shape index (κ1) is 25.3. The number of rotatable bonds is 3. The number of hydrogen-bond donors (Lipinski definition) is 0. The van der Waals surface area contributed by atoms with Gasteiger partial charge in [0.15, 0.2) is 22.6 Å². The Morgan fingerprint density at radius 1 is 1.03 bits per heavy atom. The number of hydrogen-bond acceptors (Lipinski definition) is 8. The number of methoxy groups -OCH3 is 1. The van der Waals surface area contributed by atoms with Gasteiger partial charge in [0.2, 0.25) is 0 Å². The maximum atomic E-state index is 14.3. The molecule has 8 atom stereocenters. The summed E-state index contributed by atoms with van der Waals surface area (Å²) < 4.78 is 17.3. The molecule has 4 fully saturated rings. The van der Waals surface area contributed by atoms with E-state index in [0.717, 1.165) is 6.29 Å². The summed E-state index contributed by atoms with van der Waals surface area (Å²) in [5, 5.41) is 0. The van der Waals surface area contributed by atoms with Crippen LogP contribution in [0.25, 0.3) is 0 Å². The van der Waals surface area contributed by atoms with Crippen LogP contribution in [0.4, 0.5) is 0 Å². The Bertz CT molecular complexity index is 1170. The number of fused-ring (bicyclic) bond motifs is 5. The quantitative estimate of drug-likeness (QED) is 0.251. The van der Waals surface area contributed by atoms with Gasteiger partial charge >= 0.3 is 11.9 Å². The number of esters is 2. The van der Waals surface area contributed by atoms with E-state index in [2.05, 4.69) is 0 Å². The number of carbonyl (C=O) groups excluding carboxylic acids is 5. The van der Waals surface area contributed by atoms with Gasteiger partial charge in [-0.25, -0.2) is 0 Å². The highest BCUT2D eigenvalue weighted by Crippen LogP contribution is 2.80. The third-order valence-electron chi connectivity index (χ3n) is 11.3. The van der Waals surface area contributed by atoms with Gasteiger partial charge in [0.1, 0.15) is 12.4 Å². The zero-order valence-electron chi connectivity index (χ0n) is 22.4. The minimum absolute atomic E-state index is 0.207. The highest BCUT2D eigenvalue weighted by molar-refractivity contribution is 6.31. The average Bonchev–Trinajstić information content (AvgIpc) is 3.04. The lowest BCUT2D eigenvalue weighted by atomic mass is 9.34. The van der Waals surface area contributed by atoms with E-state index in [9.17, 15) is 24.0 Å². The number of Topliss-reactive ketones (excluding diaryl/α,β-unsaturated/α-hetero) is 2. The van der Waals surface area contributed by atoms with Crippen molar-refractivity contribution in [3.63, 3.8) is 0 Å². The summed E-state index contributed by atoms with van der Waals surface area (Å²) >= 11 is 0. The molecule has 5 aliphatic rings. The SMILES string of the molecule is COC(=O)[C@]12C(=O)[C@@]3(C)O[C@](C)(C=C4[C@]5(C=O)CC[C@H](OC(C)=O)C(C)(C)[C@H]5CC[C@@]41C)[C@@]2(C)C3=O. The molecule has 4 aliphatic carbocycles. The Morgan fingerprint density at radius 2 is 1.67 bits per heavy atom. The predicted molar refractivity (Wildman–Crippen MR) is 126 cm³/mol. The van der Waals surface area contributed by atoms with Crippen LogP contribution in [0, 0.1) is 33.0 Å². The van der Waals surface area contributed by atoms with Gasteiger partial charge in [0.25, 0.3) is 0 Å². The van der Waals surface area contributed by atoms with Crippen LogP contribution >= 0.6 is 0 Å². The molecule has 1 heterocycles. The third kappa shape index (κ3) is 2.19. The molecule has 0 aromatic rings. The van der Waals surface area contributed by atoms with Crippen LogP contribution < -0.4 is 0 Å². The Kier molecular flexibility index (Phi) is 4.74. The van der Waals surface area contributed by atoms with Crippen LogP contribution in [0.1, 0.15) is 74.1 Å². The lowest BCUT2D eigenvalue weighted by Gasteiger charge is -2.68. The molecule has 0 aromatic carbocycles. The topological polar surface area (TPSA) is 113 Å². The van der Waals surface area contributed by atoms with Gasteiger partial charge in [0, 0.05) is 17.8 Å². The van der Waals surface area contributed by atoms with Gasteiger partial charge in [-0.2, -0.15) is 0 Å². The van der Waals surface area contributed by atoms with Crippen LogP contribution in [0.15, 0.2) is 11.6 Å². The van der Waals surface area contributed by atoms with Gasteiger partial charge in [-0.15, -0.1) is 0 Å². The number of ketones is 2. The van der Waals surface area contributed by atoms with E-state index in [1.54, 1.807) is 13.8 Å². The molecule has 1 aliphatic heterocycles. The van der Waals surface area contributed by atoms with Crippen molar-refractivity contribution in [3.8, 4) is 0 Å². The summed E-state index contributed by atoms with van der Waals surface area (Å²) in [6.45, 7) is 12.1. The van der Waals surface area contributed by atoms with E-state index < -0.39 is 55.8 Å². The van der Waals surface area contributed by atoms with Crippen molar-refractivity contribution in [1.29, 1.82) is 0 Å². The molecule has 0 aromatic heterocycles. The highest BCUT2D eigenvalue weighted by atomic mass is 16.6. The molecule has 0 N–H and O–H groups in total. The second-order valence-electron chi connectivity index (χ2n) is 12.9. The van der Waals surface area contributed by atoms with E-state index >= 15 is 0 Å². The Labute approximate surface area is 211 Å². The van der Waals surface area contributed by atoms with Crippen molar-refractivity contribution >= 4 is 29.8 Å². The summed E-state index contributed by atoms with van der Waals surface area (Å²) in [7, 11) is 1.24. The molecule has 1 saturated heterocycles. The van der Waals surface area contributed by atoms with E-state index in [-0.39, 0.29) is 18.0 Å². The van der Waals surface area contributed by atoms with Crippen LogP contribution in [0.3, 0.4) is 0 Å². The number of aldehydes is 1. The summed E-state index contributed by atoms with van der Waals surface area (Å²) in [6, 6.07) is 0. The van der Waals surface area contributed by atoms with Gasteiger partial charge in [0.05, 0.1) is 23.5 Å². The fourth-order valence-corrected chi connectivity index (χ4v) is 9.62. The van der Waals surface area contributed by atoms with Crippen molar-refractivity contribution in [2.75, 3.05) is 7.11 Å². The molecule has 0 spiro atoms. The molecule has 36 heavy (non-hydrogen) atoms. The molecule has 8 heteroatoms. The molecule has 0 amide bonds. The molecular formula is C28H36O8. The van der Waals surface area contributed by atoms with Crippen molar-refractivity contribution in [2.24, 2.45) is 33.0 Å². The second-order valence-corrected chi connectivity index (χ2v) is 12.9. The van der Waals surface area contributed by atoms with E-state index in [1.165, 1.54) is 21.0 Å². The normalized spacial score (nSPS) is 50.1. The Hall–Kier alpha value is -2.35. The smallest absolute Gasteiger partial charge is 0.321 e. The monoisotopic (exact) mass is 500 g/mol. The fraction of sp³-hybridized carbons (Fsp3) is 0.750. The molecule has 0 radical (unpaired) electrons. The van der Waals surface area contributed by atoms with Crippen LogP contribution in [-0.2, 0) is 38.2 Å². The Morgan fingerprint density at radius 3 is 2.19 bits per heavy atom. The third-order valence-corrected chi connectivity index (χ3v) is 11.3. The first-order valence-corrected chi connectivity index (χ1v) is 12.8. The van der Waals surface area contributed by atoms with Crippen molar-refractivity contribution in [1.82, 2.24) is 0 Å². The summed E-state index contributed by atoms with van der Waals surface area (Å²) in [6.07, 6.45) is 4.24. The average molecular weight is 501 g/mol. The van der Waals surface area contributed by atoms with Crippen LogP contribution in [-0.4, -0.2) is 54.2 Å². The van der Waals surface area contributed by atoms with E-state index in [4.69, 9.17) is 14.2 Å². The molecule has 8 nitrogen and oxygen atoms in total. The van der Waals surface area contributed by atoms with Gasteiger partial charge in [-0.3, -0.25) is 19.2 Å². The lowest BCUT2D eigenvalue weighted by Crippen LogP contribution is -2.74. The number of carbonyl (C=O) groups is 5. The number of ether oxygens (including phenoxy) is 3. The maximum absolute atomic E-state index is 14.3. The minimum atomic E-state index is -1.82. The molecule has 2 bridgehead atoms. The standard InChI is InChI=1S/C28H36O8/c1-15(30)35-18-10-12-27(14-29)16(22(18,2)3)9-11-23(4)17(27)13-24(5)26(7)19(31)25(6,36-24)20(32)28(23,26)21(33)34-8/h13-14,16,18H,9-12H2,1-8H3/t16-,18+,23+,24-,25+,26-,27+,28-/m1/s1. The number of allylic oxidation sites excluding steroid dienone is 1. The first-order valence-electron chi connectivity index (χ1n) is 12.8. The summed E-state index contributed by atoms with van der Waals surface area (Å²) in [4.78, 5) is 67.1. The summed E-state index contributed by atoms with van der Waals surface area (Å²) in [5.41, 5.74) is -8.38. The van der Waals surface area contributed by atoms with Gasteiger partial charge in [-0.1, -0.05) is 32.4 Å². The van der Waals surface area contributed by atoms with Gasteiger partial charge in [-0.05, 0) is 52.4 Å². The zero-order chi connectivity index (χ0) is 26.9. The Balaban J connectivity index is 1.81. The minimum Gasteiger partial charge on any atom is -0.468 e. The van der Waals surface area contributed by atoms with Gasteiger partial charge < -0.3 is 19.0 Å². The maximum Gasteiger partial charge on any atom is 0.321 e. The molecule has 196 valence electrons. The van der Waals surface area contributed by atoms with E-state index in [0.29, 0.717) is 31.3 Å². The summed E-state index contributed by atoms with van der Waals surface area (Å²) in [5.74, 6) is -2.31. The molecule has 0 unspecified atom stereocenters. The van der Waals surface area contributed by atoms with Crippen molar-refractivity contribution < 1.29 is 38.2 Å². The lowest BCUT2D eigenvalue weighted by molar-refractivity contribution is -0.228. The van der Waals surface area contributed by atoms with Crippen LogP contribution in [0.2, 0.25) is 0 Å². The molecule has 5 rings (SSSR count). The van der Waals surface area contributed by atoms with E-state index in [1.807, 2.05) is 26.8 Å². The predicted octanol–water partition coefficient (Wildman–Crippen LogP) is 3.14. The van der Waals surface area contributed by atoms with Crippen molar-refractivity contribution in [3.05, 3.63) is 11.6 Å². The van der Waals surface area contributed by atoms with Crippen LogP contribution in [0.5, 0.6) is 0 Å². The fourth-order valence-electron chi connectivity index (χ4n) is 9.62. The largest absolute Gasteiger partial charge is 0.468 e. The zero-order valence-corrected chi connectivity index (χ0v) is 22.4. The highest BCUT2D eigenvalue weighted by Gasteiger charge is 2.93. The molecular weight excluding hydrogens is 464 g/mol. The molecule has 3 saturated carbocycles.